The molecule has 0 aliphatic heterocycles. The van der Waals surface area contributed by atoms with E-state index >= 15 is 0 Å². The summed E-state index contributed by atoms with van der Waals surface area (Å²) in [6, 6.07) is 18.3. The van der Waals surface area contributed by atoms with Crippen LogP contribution in [0.25, 0.3) is 17.1 Å². The third kappa shape index (κ3) is 6.11. The van der Waals surface area contributed by atoms with Crippen molar-refractivity contribution in [1.29, 1.82) is 0 Å². The van der Waals surface area contributed by atoms with Crippen LogP contribution in [0, 0.1) is 0 Å². The van der Waals surface area contributed by atoms with Crippen LogP contribution in [0.3, 0.4) is 0 Å². The van der Waals surface area contributed by atoms with Gasteiger partial charge < -0.3 is 0 Å². The maximum absolute atomic E-state index is 12.9. The zero-order chi connectivity index (χ0) is 20.3. The van der Waals surface area contributed by atoms with Crippen LogP contribution in [-0.2, 0) is 12.7 Å². The number of aromatic nitrogens is 3. The number of halogens is 5. The Balaban J connectivity index is 0.00000171. The summed E-state index contributed by atoms with van der Waals surface area (Å²) >= 11 is 1.33. The Morgan fingerprint density at radius 2 is 1.61 bits per heavy atom. The molecule has 4 rings (SSSR count). The lowest BCUT2D eigenvalue weighted by Crippen LogP contribution is -2.04. The molecule has 0 radical (unpaired) electrons. The molecule has 2 heterocycles. The fourth-order valence-corrected chi connectivity index (χ4v) is 3.60. The number of para-hydroxylation sites is 1. The van der Waals surface area contributed by atoms with Gasteiger partial charge >= 0.3 is 6.18 Å². The largest absolute Gasteiger partial charge is 0.416 e. The van der Waals surface area contributed by atoms with Crippen molar-refractivity contribution in [3.8, 4) is 17.1 Å². The first-order valence-corrected chi connectivity index (χ1v) is 9.51. The minimum absolute atomic E-state index is 0. The van der Waals surface area contributed by atoms with Gasteiger partial charge in [0.25, 0.3) is 0 Å². The lowest BCUT2D eigenvalue weighted by molar-refractivity contribution is -0.137. The zero-order valence-corrected chi connectivity index (χ0v) is 20.1. The maximum Gasteiger partial charge on any atom is 0.416 e. The third-order valence-electron chi connectivity index (χ3n) is 4.15. The van der Waals surface area contributed by atoms with Crippen molar-refractivity contribution < 1.29 is 13.2 Å². The van der Waals surface area contributed by atoms with Crippen molar-refractivity contribution in [2.75, 3.05) is 0 Å². The first kappa shape index (κ1) is 25.0. The molecule has 0 aliphatic rings. The van der Waals surface area contributed by atoms with Crippen LogP contribution in [0.5, 0.6) is 0 Å². The Morgan fingerprint density at radius 3 is 2.23 bits per heavy atom. The molecule has 0 amide bonds. The molecule has 4 aromatic rings. The number of rotatable bonds is 4. The number of nitrogens with zero attached hydrogens (tertiary/aromatic N) is 4. The molecule has 0 N–H and O–H groups in total. The van der Waals surface area contributed by atoms with Crippen molar-refractivity contribution >= 4 is 45.5 Å². The predicted molar refractivity (Wildman–Crippen MR) is 126 cm³/mol. The maximum atomic E-state index is 12.9. The Kier molecular flexibility index (Phi) is 8.72. The Labute approximate surface area is 201 Å². The van der Waals surface area contributed by atoms with Crippen molar-refractivity contribution in [2.45, 2.75) is 12.7 Å². The first-order chi connectivity index (χ1) is 14.0. The van der Waals surface area contributed by atoms with Gasteiger partial charge in [-0.1, -0.05) is 36.4 Å². The van der Waals surface area contributed by atoms with Crippen LogP contribution < -0.4 is 4.80 Å². The van der Waals surface area contributed by atoms with Gasteiger partial charge in [0.1, 0.15) is 0 Å². The minimum Gasteiger partial charge on any atom is -0.264 e. The summed E-state index contributed by atoms with van der Waals surface area (Å²) in [5, 5.41) is 0. The van der Waals surface area contributed by atoms with E-state index in [0.717, 1.165) is 23.4 Å². The molecule has 2 aromatic carbocycles. The molecular weight excluding hydrogens is 557 g/mol. The normalized spacial score (nSPS) is 11.5. The fourth-order valence-electron chi connectivity index (χ4n) is 2.72. The molecule has 0 fully saturated rings. The standard InChI is InChI=1S/C21H15F3N4S.2BrH/c22-21(23,24)17-10-8-16(9-11-17)19-27-20(26-14-15-5-4-12-25-13-15)29-28(19)18-6-2-1-3-7-18;;/h1-13H,14H2;2*1H/b26-20-;;. The fraction of sp³-hybridized carbons (Fsp3) is 0.0952. The van der Waals surface area contributed by atoms with Gasteiger partial charge in [0.05, 0.1) is 17.8 Å². The van der Waals surface area contributed by atoms with Gasteiger partial charge in [-0.2, -0.15) is 18.2 Å². The summed E-state index contributed by atoms with van der Waals surface area (Å²) in [7, 11) is 0. The van der Waals surface area contributed by atoms with Crippen molar-refractivity contribution in [2.24, 2.45) is 4.99 Å². The monoisotopic (exact) mass is 572 g/mol. The molecule has 0 saturated carbocycles. The molecule has 162 valence electrons. The van der Waals surface area contributed by atoms with Gasteiger partial charge in [0, 0.05) is 18.0 Å². The van der Waals surface area contributed by atoms with Crippen LogP contribution in [0.15, 0.2) is 84.1 Å². The van der Waals surface area contributed by atoms with E-state index in [-0.39, 0.29) is 34.0 Å². The van der Waals surface area contributed by atoms with E-state index in [1.807, 2.05) is 46.4 Å². The topological polar surface area (TPSA) is 43.1 Å². The van der Waals surface area contributed by atoms with E-state index in [4.69, 9.17) is 0 Å². The highest BCUT2D eigenvalue weighted by Gasteiger charge is 2.30. The SMILES string of the molecule is Br.Br.FC(F)(F)c1ccc(-c2n/c(=N/Cc3cccnc3)sn2-c2ccccc2)cc1. The number of hydrogen-bond acceptors (Lipinski definition) is 4. The second-order valence-corrected chi connectivity index (χ2v) is 7.10. The van der Waals surface area contributed by atoms with E-state index < -0.39 is 11.7 Å². The Bertz CT molecular complexity index is 1160. The number of pyridine rings is 1. The molecule has 0 spiro atoms. The van der Waals surface area contributed by atoms with Crippen LogP contribution >= 0.6 is 45.5 Å². The summed E-state index contributed by atoms with van der Waals surface area (Å²) in [4.78, 5) is 13.7. The van der Waals surface area contributed by atoms with Gasteiger partial charge in [-0.15, -0.1) is 34.0 Å². The summed E-state index contributed by atoms with van der Waals surface area (Å²) in [5.41, 5.74) is 1.71. The van der Waals surface area contributed by atoms with Crippen LogP contribution in [0.4, 0.5) is 13.2 Å². The van der Waals surface area contributed by atoms with Crippen molar-refractivity contribution in [3.05, 3.63) is 95.1 Å². The third-order valence-corrected chi connectivity index (χ3v) is 5.10. The zero-order valence-electron chi connectivity index (χ0n) is 15.9. The second kappa shape index (κ2) is 10.8. The predicted octanol–water partition coefficient (Wildman–Crippen LogP) is 6.27. The van der Waals surface area contributed by atoms with E-state index in [2.05, 4.69) is 15.0 Å². The smallest absolute Gasteiger partial charge is 0.264 e. The van der Waals surface area contributed by atoms with Gasteiger partial charge in [-0.05, 0) is 47.4 Å². The molecule has 10 heteroatoms. The molecule has 0 unspecified atom stereocenters. The van der Waals surface area contributed by atoms with E-state index in [9.17, 15) is 13.2 Å². The molecular formula is C21H17Br2F3N4S. The Hall–Kier alpha value is -2.30. The second-order valence-electron chi connectivity index (χ2n) is 6.19. The van der Waals surface area contributed by atoms with Crippen molar-refractivity contribution in [1.82, 2.24) is 13.9 Å². The van der Waals surface area contributed by atoms with E-state index in [1.54, 1.807) is 12.4 Å². The van der Waals surface area contributed by atoms with Gasteiger partial charge in [0.2, 0.25) is 4.80 Å². The number of hydrogen-bond donors (Lipinski definition) is 0. The molecule has 31 heavy (non-hydrogen) atoms. The molecule has 0 bridgehead atoms. The highest BCUT2D eigenvalue weighted by molar-refractivity contribution is 8.93. The van der Waals surface area contributed by atoms with Gasteiger partial charge in [0.15, 0.2) is 5.82 Å². The lowest BCUT2D eigenvalue weighted by atomic mass is 10.1. The average Bonchev–Trinajstić information content (AvgIpc) is 3.17. The number of alkyl halides is 3. The Morgan fingerprint density at radius 1 is 0.903 bits per heavy atom. The summed E-state index contributed by atoms with van der Waals surface area (Å²) in [5.74, 6) is 0.542. The molecule has 2 aromatic heterocycles. The number of benzene rings is 2. The molecule has 0 saturated heterocycles. The summed E-state index contributed by atoms with van der Waals surface area (Å²) < 4.78 is 40.5. The van der Waals surface area contributed by atoms with Crippen LogP contribution in [0.2, 0.25) is 0 Å². The van der Waals surface area contributed by atoms with E-state index in [0.29, 0.717) is 22.7 Å². The minimum atomic E-state index is -4.37. The summed E-state index contributed by atoms with van der Waals surface area (Å²) in [6.45, 7) is 0.419. The quantitative estimate of drug-likeness (QED) is 0.289. The molecule has 0 aliphatic carbocycles. The highest BCUT2D eigenvalue weighted by atomic mass is 79.9. The highest BCUT2D eigenvalue weighted by Crippen LogP contribution is 2.31. The van der Waals surface area contributed by atoms with Gasteiger partial charge in [-0.25, -0.2) is 3.96 Å². The lowest BCUT2D eigenvalue weighted by Gasteiger charge is -2.09. The van der Waals surface area contributed by atoms with Crippen LogP contribution in [0.1, 0.15) is 11.1 Å². The van der Waals surface area contributed by atoms with Gasteiger partial charge in [-0.3, -0.25) is 9.98 Å². The van der Waals surface area contributed by atoms with E-state index in [1.165, 1.54) is 23.7 Å². The first-order valence-electron chi connectivity index (χ1n) is 8.73. The van der Waals surface area contributed by atoms with Crippen LogP contribution in [-0.4, -0.2) is 13.9 Å². The summed E-state index contributed by atoms with van der Waals surface area (Å²) in [6.07, 6.45) is -0.946. The average molecular weight is 574 g/mol. The molecule has 0 atom stereocenters. The van der Waals surface area contributed by atoms with Crippen molar-refractivity contribution in [3.63, 3.8) is 0 Å². The molecule has 4 nitrogen and oxygen atoms in total.